The summed E-state index contributed by atoms with van der Waals surface area (Å²) in [6.45, 7) is 9.07. The Balaban J connectivity index is 1.89. The molecule has 1 fully saturated rings. The van der Waals surface area contributed by atoms with Gasteiger partial charge in [0.1, 0.15) is 5.82 Å². The third kappa shape index (κ3) is 4.03. The fourth-order valence-corrected chi connectivity index (χ4v) is 3.01. The topological polar surface area (TPSA) is 15.3 Å². The van der Waals surface area contributed by atoms with Gasteiger partial charge in [-0.15, -0.1) is 0 Å². The van der Waals surface area contributed by atoms with E-state index in [0.29, 0.717) is 18.1 Å². The molecule has 1 atom stereocenters. The maximum absolute atomic E-state index is 13.0. The number of hydrogen-bond donors (Lipinski definition) is 1. The van der Waals surface area contributed by atoms with Crippen molar-refractivity contribution >= 4 is 0 Å². The Labute approximate surface area is 122 Å². The van der Waals surface area contributed by atoms with E-state index in [4.69, 9.17) is 0 Å². The number of rotatable bonds is 5. The average Bonchev–Trinajstić information content (AvgIpc) is 2.46. The summed E-state index contributed by atoms with van der Waals surface area (Å²) in [5.41, 5.74) is 1.19. The molecule has 2 rings (SSSR count). The molecule has 1 aliphatic heterocycles. The number of hydrogen-bond acceptors (Lipinski definition) is 2. The smallest absolute Gasteiger partial charge is 0.123 e. The highest BCUT2D eigenvalue weighted by Crippen LogP contribution is 2.21. The Morgan fingerprint density at radius 1 is 1.20 bits per heavy atom. The van der Waals surface area contributed by atoms with Gasteiger partial charge in [-0.3, -0.25) is 0 Å². The monoisotopic (exact) mass is 278 g/mol. The molecule has 1 heterocycles. The Morgan fingerprint density at radius 3 is 2.30 bits per heavy atom. The molecule has 0 bridgehead atoms. The molecule has 0 saturated carbocycles. The van der Waals surface area contributed by atoms with Crippen molar-refractivity contribution in [1.82, 2.24) is 10.2 Å². The first-order valence-corrected chi connectivity index (χ1v) is 7.85. The lowest BCUT2D eigenvalue weighted by molar-refractivity contribution is 0.156. The number of nitrogens with one attached hydrogen (secondary N) is 1. The van der Waals surface area contributed by atoms with E-state index in [0.717, 1.165) is 6.42 Å². The molecule has 0 spiro atoms. The van der Waals surface area contributed by atoms with E-state index >= 15 is 0 Å². The number of benzene rings is 1. The van der Waals surface area contributed by atoms with Crippen molar-refractivity contribution in [3.05, 3.63) is 35.6 Å². The summed E-state index contributed by atoms with van der Waals surface area (Å²) in [6.07, 6.45) is 3.45. The van der Waals surface area contributed by atoms with Gasteiger partial charge in [0.2, 0.25) is 0 Å². The zero-order valence-electron chi connectivity index (χ0n) is 12.9. The van der Waals surface area contributed by atoms with Gasteiger partial charge in [0.15, 0.2) is 0 Å². The first-order valence-electron chi connectivity index (χ1n) is 7.85. The molecule has 20 heavy (non-hydrogen) atoms. The number of piperidine rings is 1. The molecule has 0 aliphatic carbocycles. The summed E-state index contributed by atoms with van der Waals surface area (Å²) < 4.78 is 13.0. The van der Waals surface area contributed by atoms with Crippen LogP contribution in [0.5, 0.6) is 0 Å². The third-order valence-electron chi connectivity index (χ3n) is 4.38. The van der Waals surface area contributed by atoms with Crippen LogP contribution in [0.4, 0.5) is 4.39 Å². The first kappa shape index (κ1) is 15.5. The highest BCUT2D eigenvalue weighted by Gasteiger charge is 2.22. The van der Waals surface area contributed by atoms with Crippen molar-refractivity contribution in [2.24, 2.45) is 0 Å². The summed E-state index contributed by atoms with van der Waals surface area (Å²) in [5, 5.41) is 3.75. The fourth-order valence-electron chi connectivity index (χ4n) is 3.01. The Kier molecular flexibility index (Phi) is 5.55. The predicted octanol–water partition coefficient (Wildman–Crippen LogP) is 3.74. The van der Waals surface area contributed by atoms with Crippen LogP contribution in [0, 0.1) is 5.82 Å². The standard InChI is InChI=1S/C17H27FN2/c1-4-17(14-5-7-15(18)8-6-14)19-16-9-11-20(12-10-16)13(2)3/h5-8,13,16-17,19H,4,9-12H2,1-3H3. The molecule has 0 radical (unpaired) electrons. The third-order valence-corrected chi connectivity index (χ3v) is 4.38. The van der Waals surface area contributed by atoms with Gasteiger partial charge in [-0.2, -0.15) is 0 Å². The van der Waals surface area contributed by atoms with Crippen LogP contribution in [0.15, 0.2) is 24.3 Å². The van der Waals surface area contributed by atoms with Gasteiger partial charge in [-0.1, -0.05) is 19.1 Å². The molecular formula is C17H27FN2. The molecule has 1 aromatic rings. The van der Waals surface area contributed by atoms with E-state index in [1.807, 2.05) is 12.1 Å². The van der Waals surface area contributed by atoms with Crippen molar-refractivity contribution in [3.63, 3.8) is 0 Å². The summed E-state index contributed by atoms with van der Waals surface area (Å²) in [7, 11) is 0. The molecular weight excluding hydrogens is 251 g/mol. The minimum absolute atomic E-state index is 0.158. The quantitative estimate of drug-likeness (QED) is 0.882. The van der Waals surface area contributed by atoms with Crippen LogP contribution >= 0.6 is 0 Å². The van der Waals surface area contributed by atoms with Crippen molar-refractivity contribution in [3.8, 4) is 0 Å². The highest BCUT2D eigenvalue weighted by molar-refractivity contribution is 5.20. The Bertz CT molecular complexity index is 394. The number of nitrogens with zero attached hydrogens (tertiary/aromatic N) is 1. The van der Waals surface area contributed by atoms with E-state index in [9.17, 15) is 4.39 Å². The zero-order chi connectivity index (χ0) is 14.5. The second-order valence-corrected chi connectivity index (χ2v) is 6.08. The largest absolute Gasteiger partial charge is 0.307 e. The van der Waals surface area contributed by atoms with Gasteiger partial charge in [-0.05, 0) is 63.9 Å². The lowest BCUT2D eigenvalue weighted by atomic mass is 9.99. The molecule has 112 valence electrons. The van der Waals surface area contributed by atoms with E-state index in [2.05, 4.69) is 31.0 Å². The molecule has 0 aromatic heterocycles. The van der Waals surface area contributed by atoms with Crippen molar-refractivity contribution in [2.45, 2.75) is 58.2 Å². The second kappa shape index (κ2) is 7.19. The van der Waals surface area contributed by atoms with Gasteiger partial charge >= 0.3 is 0 Å². The second-order valence-electron chi connectivity index (χ2n) is 6.08. The Hall–Kier alpha value is -0.930. The van der Waals surface area contributed by atoms with Gasteiger partial charge in [0.05, 0.1) is 0 Å². The van der Waals surface area contributed by atoms with Crippen LogP contribution in [0.1, 0.15) is 51.6 Å². The molecule has 2 nitrogen and oxygen atoms in total. The number of likely N-dealkylation sites (tertiary alicyclic amines) is 1. The van der Waals surface area contributed by atoms with Crippen LogP contribution in [0.2, 0.25) is 0 Å². The van der Waals surface area contributed by atoms with Crippen molar-refractivity contribution in [2.75, 3.05) is 13.1 Å². The van der Waals surface area contributed by atoms with E-state index in [1.165, 1.54) is 31.5 Å². The van der Waals surface area contributed by atoms with E-state index in [-0.39, 0.29) is 5.82 Å². The first-order chi connectivity index (χ1) is 9.60. The molecule has 1 saturated heterocycles. The zero-order valence-corrected chi connectivity index (χ0v) is 12.9. The molecule has 3 heteroatoms. The molecule has 1 N–H and O–H groups in total. The molecule has 1 aromatic carbocycles. The lowest BCUT2D eigenvalue weighted by Crippen LogP contribution is -2.45. The SMILES string of the molecule is CCC(NC1CCN(C(C)C)CC1)c1ccc(F)cc1. The van der Waals surface area contributed by atoms with Gasteiger partial charge in [0.25, 0.3) is 0 Å². The van der Waals surface area contributed by atoms with Crippen molar-refractivity contribution in [1.29, 1.82) is 0 Å². The maximum atomic E-state index is 13.0. The summed E-state index contributed by atoms with van der Waals surface area (Å²) in [6, 6.07) is 8.49. The maximum Gasteiger partial charge on any atom is 0.123 e. The van der Waals surface area contributed by atoms with Crippen LogP contribution in [0.25, 0.3) is 0 Å². The molecule has 1 aliphatic rings. The van der Waals surface area contributed by atoms with Gasteiger partial charge in [0, 0.05) is 18.1 Å². The van der Waals surface area contributed by atoms with E-state index in [1.54, 1.807) is 12.1 Å². The van der Waals surface area contributed by atoms with Gasteiger partial charge in [-0.25, -0.2) is 4.39 Å². The van der Waals surface area contributed by atoms with E-state index < -0.39 is 0 Å². The number of halogens is 1. The lowest BCUT2D eigenvalue weighted by Gasteiger charge is -2.36. The van der Waals surface area contributed by atoms with Crippen LogP contribution in [-0.4, -0.2) is 30.1 Å². The predicted molar refractivity (Wildman–Crippen MR) is 82.3 cm³/mol. The van der Waals surface area contributed by atoms with Crippen LogP contribution < -0.4 is 5.32 Å². The highest BCUT2D eigenvalue weighted by atomic mass is 19.1. The minimum atomic E-state index is -0.158. The summed E-state index contributed by atoms with van der Waals surface area (Å²) in [4.78, 5) is 2.54. The van der Waals surface area contributed by atoms with Crippen LogP contribution in [0.3, 0.4) is 0 Å². The Morgan fingerprint density at radius 2 is 1.80 bits per heavy atom. The average molecular weight is 278 g/mol. The molecule has 0 amide bonds. The minimum Gasteiger partial charge on any atom is -0.307 e. The molecule has 1 unspecified atom stereocenters. The van der Waals surface area contributed by atoms with Gasteiger partial charge < -0.3 is 10.2 Å². The summed E-state index contributed by atoms with van der Waals surface area (Å²) in [5.74, 6) is -0.158. The normalized spacial score (nSPS) is 19.4. The fraction of sp³-hybridized carbons (Fsp3) is 0.647. The van der Waals surface area contributed by atoms with Crippen molar-refractivity contribution < 1.29 is 4.39 Å². The summed E-state index contributed by atoms with van der Waals surface area (Å²) >= 11 is 0. The van der Waals surface area contributed by atoms with Crippen LogP contribution in [-0.2, 0) is 0 Å².